The number of unbranched alkanes of at least 4 members (excludes halogenated alkanes) is 2. The van der Waals surface area contributed by atoms with Crippen LogP contribution in [-0.4, -0.2) is 37.0 Å². The van der Waals surface area contributed by atoms with Crippen molar-refractivity contribution in [3.8, 4) is 0 Å². The molecule has 0 saturated carbocycles. The molecule has 0 aliphatic carbocycles. The first-order valence-electron chi connectivity index (χ1n) is 7.64. The van der Waals surface area contributed by atoms with Crippen molar-refractivity contribution < 1.29 is 70.8 Å². The van der Waals surface area contributed by atoms with Crippen molar-refractivity contribution in [3.05, 3.63) is 37.1 Å². The van der Waals surface area contributed by atoms with Crippen LogP contribution in [0.5, 0.6) is 0 Å². The minimum absolute atomic E-state index is 0. The molecule has 0 spiro atoms. The zero-order valence-electron chi connectivity index (χ0n) is 15.0. The molecule has 0 aromatic rings. The largest absolute Gasteiger partial charge is 1.00 e. The summed E-state index contributed by atoms with van der Waals surface area (Å²) in [5.74, 6) is -0.400. The van der Waals surface area contributed by atoms with E-state index in [1.807, 2.05) is 13.3 Å². The van der Waals surface area contributed by atoms with Crippen molar-refractivity contribution in [1.82, 2.24) is 5.32 Å². The first-order valence-corrected chi connectivity index (χ1v) is 7.64. The Hall–Kier alpha value is -0.0487. The van der Waals surface area contributed by atoms with Gasteiger partial charge in [0.2, 0.25) is 5.91 Å². The Kier molecular flexibility index (Phi) is 27.5. The molecule has 0 heterocycles. The van der Waals surface area contributed by atoms with Crippen molar-refractivity contribution in [2.45, 2.75) is 45.9 Å². The Balaban J connectivity index is -0.000000468. The maximum absolute atomic E-state index is 11.4. The van der Waals surface area contributed by atoms with Gasteiger partial charge in [0.05, 0.1) is 0 Å². The number of rotatable bonds is 11. The summed E-state index contributed by atoms with van der Waals surface area (Å²) < 4.78 is 0. The summed E-state index contributed by atoms with van der Waals surface area (Å²) >= 11 is 0. The van der Waals surface area contributed by atoms with E-state index in [1.54, 1.807) is 19.3 Å². The summed E-state index contributed by atoms with van der Waals surface area (Å²) in [5, 5.41) is 10.5. The maximum atomic E-state index is 11.4. The summed E-state index contributed by atoms with van der Waals surface area (Å²) in [6.07, 6.45) is 11.8. The van der Waals surface area contributed by atoms with Crippen molar-refractivity contribution in [2.75, 3.05) is 6.54 Å². The van der Waals surface area contributed by atoms with E-state index in [-0.39, 0.29) is 69.6 Å². The summed E-state index contributed by atoms with van der Waals surface area (Å²) in [6.45, 7) is 7.09. The topological polar surface area (TPSA) is 83.5 Å². The van der Waals surface area contributed by atoms with Gasteiger partial charge in [-0.1, -0.05) is 19.5 Å². The molecule has 0 aromatic heterocycles. The normalized spacial score (nSPS) is 10.2. The number of hydrogen-bond acceptors (Lipinski definition) is 4. The Bertz CT molecular complexity index is 394. The molecule has 0 aromatic carbocycles. The molecule has 0 unspecified atom stereocenters. The smallest absolute Gasteiger partial charge is 0.540 e. The number of ketones is 1. The predicted octanol–water partition coefficient (Wildman–Crippen LogP) is -1.08. The zero-order chi connectivity index (χ0) is 17.9. The second-order valence-electron chi connectivity index (χ2n) is 4.47. The summed E-state index contributed by atoms with van der Waals surface area (Å²) in [4.78, 5) is 32.5. The monoisotopic (exact) mass is 358 g/mol. The molecule has 24 heavy (non-hydrogen) atoms. The fourth-order valence-electron chi connectivity index (χ4n) is 1.37. The Morgan fingerprint density at radius 3 is 2.50 bits per heavy atom. The molecular formula is C17H26BKNO4-2. The van der Waals surface area contributed by atoms with Crippen LogP contribution in [0.1, 0.15) is 39.5 Å². The Labute approximate surface area is 189 Å². The van der Waals surface area contributed by atoms with Gasteiger partial charge in [0.25, 0.3) is 7.48 Å². The van der Waals surface area contributed by atoms with E-state index in [1.165, 1.54) is 12.2 Å². The molecule has 0 saturated heterocycles. The van der Waals surface area contributed by atoms with Crippen LogP contribution in [0, 0.1) is 13.3 Å². The van der Waals surface area contributed by atoms with E-state index in [0.717, 1.165) is 26.7 Å². The first kappa shape index (κ1) is 28.7. The molecule has 0 aliphatic rings. The van der Waals surface area contributed by atoms with Crippen molar-refractivity contribution in [1.29, 1.82) is 0 Å². The maximum Gasteiger partial charge on any atom is 1.00 e. The van der Waals surface area contributed by atoms with Crippen LogP contribution in [0.15, 0.2) is 23.8 Å². The molecule has 129 valence electrons. The molecule has 5 nitrogen and oxygen atoms in total. The van der Waals surface area contributed by atoms with Gasteiger partial charge in [-0.05, 0) is 25.5 Å². The average Bonchev–Trinajstić information content (AvgIpc) is 2.55. The van der Waals surface area contributed by atoms with Gasteiger partial charge in [0.15, 0.2) is 5.78 Å². The Morgan fingerprint density at radius 2 is 2.04 bits per heavy atom. The fraction of sp³-hybridized carbons (Fsp3) is 0.471. The van der Waals surface area contributed by atoms with Crippen LogP contribution in [0.2, 0.25) is 6.32 Å². The number of hydrogen-bond donors (Lipinski definition) is 2. The second kappa shape index (κ2) is 23.0. The third-order valence-corrected chi connectivity index (χ3v) is 2.52. The standard InChI is InChI=1S/C12H16NO3.C5H10BO.K/c1-3-5-11(15)7-6-10(4-2)12(16)13-8-9-14;1-2-3-4-5-6-7;/h4,6-7H,3,5,8H2,1-2H3,(H,13,16);4,7H,1-3,5H2;/q-1;-2;+1/b7-6-,10-4+;;. The number of carbonyl (C=O) groups excluding carboxylic acids is 3. The summed E-state index contributed by atoms with van der Waals surface area (Å²) in [7, 11) is 1.15. The van der Waals surface area contributed by atoms with Crippen LogP contribution in [0.25, 0.3) is 0 Å². The third-order valence-electron chi connectivity index (χ3n) is 2.52. The van der Waals surface area contributed by atoms with Crippen LogP contribution in [0.3, 0.4) is 0 Å². The molecule has 2 N–H and O–H groups in total. The first-order chi connectivity index (χ1) is 11.1. The fourth-order valence-corrected chi connectivity index (χ4v) is 1.37. The molecule has 1 amide bonds. The van der Waals surface area contributed by atoms with Crippen LogP contribution in [-0.2, 0) is 14.4 Å². The van der Waals surface area contributed by atoms with Crippen molar-refractivity contribution in [3.63, 3.8) is 0 Å². The summed E-state index contributed by atoms with van der Waals surface area (Å²) in [5.41, 5.74) is 0.361. The van der Waals surface area contributed by atoms with Crippen LogP contribution in [0.4, 0.5) is 0 Å². The van der Waals surface area contributed by atoms with Gasteiger partial charge < -0.3 is 28.5 Å². The Morgan fingerprint density at radius 1 is 1.38 bits per heavy atom. The molecule has 7 heteroatoms. The minimum atomic E-state index is -0.383. The van der Waals surface area contributed by atoms with Crippen LogP contribution < -0.4 is 56.7 Å². The summed E-state index contributed by atoms with van der Waals surface area (Å²) in [6, 6.07) is 0. The molecule has 0 bridgehead atoms. The van der Waals surface area contributed by atoms with Crippen molar-refractivity contribution >= 4 is 25.5 Å². The van der Waals surface area contributed by atoms with E-state index in [9.17, 15) is 14.4 Å². The third kappa shape index (κ3) is 20.0. The van der Waals surface area contributed by atoms with E-state index >= 15 is 0 Å². The minimum Gasteiger partial charge on any atom is -0.540 e. The molecular weight excluding hydrogens is 332 g/mol. The SMILES string of the molecule is C/C=C(\C=C/C(=O)CCC)C(=O)NC[C-]=O.[CH2-]CC[CH-]C[B]O.[K+]. The van der Waals surface area contributed by atoms with E-state index < -0.39 is 0 Å². The van der Waals surface area contributed by atoms with Gasteiger partial charge >= 0.3 is 51.4 Å². The number of amides is 1. The van der Waals surface area contributed by atoms with Crippen molar-refractivity contribution in [2.24, 2.45) is 0 Å². The predicted molar refractivity (Wildman–Crippen MR) is 93.2 cm³/mol. The molecule has 0 aliphatic heterocycles. The van der Waals surface area contributed by atoms with Gasteiger partial charge in [0, 0.05) is 12.0 Å². The molecule has 0 rings (SSSR count). The van der Waals surface area contributed by atoms with Gasteiger partial charge in [-0.3, -0.25) is 9.59 Å². The molecule has 1 radical (unpaired) electrons. The van der Waals surface area contributed by atoms with E-state index in [2.05, 4.69) is 12.2 Å². The van der Waals surface area contributed by atoms with Gasteiger partial charge in [-0.2, -0.15) is 6.32 Å². The zero-order valence-corrected chi connectivity index (χ0v) is 18.1. The van der Waals surface area contributed by atoms with E-state index in [0.29, 0.717) is 18.3 Å². The number of carbonyl (C=O) groups is 2. The molecule has 0 fully saturated rings. The van der Waals surface area contributed by atoms with Crippen LogP contribution >= 0.6 is 0 Å². The van der Waals surface area contributed by atoms with E-state index in [4.69, 9.17) is 5.02 Å². The quantitative estimate of drug-likeness (QED) is 0.162. The number of allylic oxidation sites excluding steroid dienone is 2. The second-order valence-corrected chi connectivity index (χ2v) is 4.47. The average molecular weight is 358 g/mol. The van der Waals surface area contributed by atoms with Gasteiger partial charge in [-0.15, -0.1) is 0 Å². The number of nitrogens with one attached hydrogen (secondary N) is 1. The van der Waals surface area contributed by atoms with Gasteiger partial charge in [-0.25, -0.2) is 19.1 Å². The van der Waals surface area contributed by atoms with Gasteiger partial charge in [0.1, 0.15) is 0 Å². The molecule has 0 atom stereocenters.